The monoisotopic (exact) mass is 241 g/mol. The Morgan fingerprint density at radius 3 is 3.12 bits per heavy atom. The summed E-state index contributed by atoms with van der Waals surface area (Å²) in [7, 11) is 0. The van der Waals surface area contributed by atoms with Crippen molar-refractivity contribution >= 4 is 17.5 Å². The van der Waals surface area contributed by atoms with Crippen LogP contribution in [0.2, 0.25) is 5.02 Å². The van der Waals surface area contributed by atoms with Crippen LogP contribution in [0, 0.1) is 5.92 Å². The van der Waals surface area contributed by atoms with Crippen molar-refractivity contribution in [3.8, 4) is 0 Å². The fraction of sp³-hybridized carbons (Fsp3) is 0.545. The Morgan fingerprint density at radius 2 is 2.50 bits per heavy atom. The molecule has 1 fully saturated rings. The zero-order valence-corrected chi connectivity index (χ0v) is 9.83. The second-order valence-electron chi connectivity index (χ2n) is 4.23. The van der Waals surface area contributed by atoms with Crippen molar-refractivity contribution < 1.29 is 4.79 Å². The first-order valence-electron chi connectivity index (χ1n) is 5.54. The lowest BCUT2D eigenvalue weighted by Crippen LogP contribution is -2.42. The Hall–Kier alpha value is -1.00. The van der Waals surface area contributed by atoms with Gasteiger partial charge in [-0.25, -0.2) is 0 Å². The minimum Gasteiger partial charge on any atom is -0.356 e. The summed E-state index contributed by atoms with van der Waals surface area (Å²) < 4.78 is 0. The number of amides is 1. The van der Waals surface area contributed by atoms with Gasteiger partial charge in [0.05, 0.1) is 5.02 Å². The maximum absolute atomic E-state index is 12.1. The van der Waals surface area contributed by atoms with E-state index in [1.165, 1.54) is 0 Å². The number of halogens is 1. The maximum Gasteiger partial charge on any atom is 0.270 e. The number of hydrogen-bond acceptors (Lipinski definition) is 2. The fourth-order valence-electron chi connectivity index (χ4n) is 2.10. The number of carbonyl (C=O) groups excluding carboxylic acids is 1. The summed E-state index contributed by atoms with van der Waals surface area (Å²) in [6.07, 6.45) is 3.77. The molecule has 1 atom stereocenters. The lowest BCUT2D eigenvalue weighted by Gasteiger charge is -2.31. The van der Waals surface area contributed by atoms with Gasteiger partial charge >= 0.3 is 0 Å². The first kappa shape index (κ1) is 11.5. The van der Waals surface area contributed by atoms with E-state index in [-0.39, 0.29) is 5.91 Å². The first-order chi connectivity index (χ1) is 7.70. The van der Waals surface area contributed by atoms with E-state index in [9.17, 15) is 4.79 Å². The van der Waals surface area contributed by atoms with Crippen LogP contribution in [0.3, 0.4) is 0 Å². The van der Waals surface area contributed by atoms with E-state index in [4.69, 9.17) is 17.3 Å². The molecule has 3 N–H and O–H groups in total. The minimum absolute atomic E-state index is 0.0186. The summed E-state index contributed by atoms with van der Waals surface area (Å²) >= 11 is 5.78. The lowest BCUT2D eigenvalue weighted by atomic mass is 9.98. The molecule has 1 aliphatic heterocycles. The van der Waals surface area contributed by atoms with Gasteiger partial charge in [-0.3, -0.25) is 4.79 Å². The van der Waals surface area contributed by atoms with Gasteiger partial charge < -0.3 is 15.6 Å². The van der Waals surface area contributed by atoms with Crippen LogP contribution >= 0.6 is 11.6 Å². The van der Waals surface area contributed by atoms with Crippen molar-refractivity contribution in [2.24, 2.45) is 11.7 Å². The van der Waals surface area contributed by atoms with Crippen molar-refractivity contribution in [1.29, 1.82) is 0 Å². The Labute approximate surface area is 99.8 Å². The van der Waals surface area contributed by atoms with Gasteiger partial charge in [0.25, 0.3) is 5.91 Å². The molecule has 16 heavy (non-hydrogen) atoms. The standard InChI is InChI=1S/C11H16ClN3O/c12-9-4-10(14-6-9)11(16)15-3-1-2-8(5-13)7-15/h4,6,8,14H,1-3,5,7,13H2. The number of piperidine rings is 1. The topological polar surface area (TPSA) is 62.1 Å². The average molecular weight is 242 g/mol. The highest BCUT2D eigenvalue weighted by atomic mass is 35.5. The summed E-state index contributed by atoms with van der Waals surface area (Å²) in [5.74, 6) is 0.452. The number of likely N-dealkylation sites (tertiary alicyclic amines) is 1. The molecule has 2 heterocycles. The molecule has 0 aromatic carbocycles. The van der Waals surface area contributed by atoms with Crippen molar-refractivity contribution in [3.05, 3.63) is 23.0 Å². The van der Waals surface area contributed by atoms with E-state index in [0.717, 1.165) is 25.9 Å². The van der Waals surface area contributed by atoms with E-state index in [1.807, 2.05) is 4.90 Å². The predicted octanol–water partition coefficient (Wildman–Crippen LogP) is 1.48. The molecule has 1 aromatic heterocycles. The van der Waals surface area contributed by atoms with Crippen LogP contribution in [0.15, 0.2) is 12.3 Å². The normalized spacial score (nSPS) is 21.1. The molecular weight excluding hydrogens is 226 g/mol. The number of carbonyl (C=O) groups is 1. The summed E-state index contributed by atoms with van der Waals surface area (Å²) in [5, 5.41) is 0.565. The van der Waals surface area contributed by atoms with E-state index in [1.54, 1.807) is 12.3 Å². The van der Waals surface area contributed by atoms with Crippen LogP contribution in [-0.4, -0.2) is 35.4 Å². The average Bonchev–Trinajstić information content (AvgIpc) is 2.75. The molecule has 1 amide bonds. The smallest absolute Gasteiger partial charge is 0.270 e. The molecule has 5 heteroatoms. The van der Waals surface area contributed by atoms with Crippen LogP contribution in [0.4, 0.5) is 0 Å². The van der Waals surface area contributed by atoms with Gasteiger partial charge in [0.2, 0.25) is 0 Å². The zero-order chi connectivity index (χ0) is 11.5. The lowest BCUT2D eigenvalue weighted by molar-refractivity contribution is 0.0673. The van der Waals surface area contributed by atoms with Crippen LogP contribution < -0.4 is 5.73 Å². The minimum atomic E-state index is 0.0186. The molecule has 4 nitrogen and oxygen atoms in total. The summed E-state index contributed by atoms with van der Waals surface area (Å²) in [6.45, 7) is 2.22. The molecule has 0 saturated carbocycles. The molecule has 0 spiro atoms. The number of aromatic amines is 1. The molecule has 2 rings (SSSR count). The predicted molar refractivity (Wildman–Crippen MR) is 63.5 cm³/mol. The molecule has 1 aromatic rings. The van der Waals surface area contributed by atoms with Gasteiger partial charge in [0.15, 0.2) is 0 Å². The summed E-state index contributed by atoms with van der Waals surface area (Å²) in [4.78, 5) is 16.8. The second-order valence-corrected chi connectivity index (χ2v) is 4.66. The van der Waals surface area contributed by atoms with Crippen LogP contribution in [0.1, 0.15) is 23.3 Å². The summed E-state index contributed by atoms with van der Waals surface area (Å²) in [6, 6.07) is 1.66. The first-order valence-corrected chi connectivity index (χ1v) is 5.91. The van der Waals surface area contributed by atoms with Crippen molar-refractivity contribution in [2.75, 3.05) is 19.6 Å². The van der Waals surface area contributed by atoms with Crippen LogP contribution in [0.25, 0.3) is 0 Å². The Bertz CT molecular complexity index is 377. The fourth-order valence-corrected chi connectivity index (χ4v) is 2.27. The largest absolute Gasteiger partial charge is 0.356 e. The maximum atomic E-state index is 12.1. The second kappa shape index (κ2) is 4.89. The third-order valence-electron chi connectivity index (χ3n) is 3.02. The van der Waals surface area contributed by atoms with Crippen LogP contribution in [-0.2, 0) is 0 Å². The van der Waals surface area contributed by atoms with Crippen molar-refractivity contribution in [3.63, 3.8) is 0 Å². The molecule has 0 bridgehead atoms. The van der Waals surface area contributed by atoms with Crippen molar-refractivity contribution in [2.45, 2.75) is 12.8 Å². The van der Waals surface area contributed by atoms with Gasteiger partial charge in [-0.15, -0.1) is 0 Å². The van der Waals surface area contributed by atoms with Crippen LogP contribution in [0.5, 0.6) is 0 Å². The van der Waals surface area contributed by atoms with Gasteiger partial charge in [-0.1, -0.05) is 11.6 Å². The zero-order valence-electron chi connectivity index (χ0n) is 9.08. The van der Waals surface area contributed by atoms with Gasteiger partial charge in [-0.2, -0.15) is 0 Å². The SMILES string of the molecule is NCC1CCCN(C(=O)c2cc(Cl)c[nH]2)C1. The molecule has 1 aliphatic rings. The highest BCUT2D eigenvalue weighted by molar-refractivity contribution is 6.30. The van der Waals surface area contributed by atoms with Gasteiger partial charge in [-0.05, 0) is 31.4 Å². The van der Waals surface area contributed by atoms with E-state index >= 15 is 0 Å². The number of nitrogens with zero attached hydrogens (tertiary/aromatic N) is 1. The van der Waals surface area contributed by atoms with E-state index < -0.39 is 0 Å². The molecule has 0 aliphatic carbocycles. The Kier molecular flexibility index (Phi) is 3.51. The van der Waals surface area contributed by atoms with E-state index in [0.29, 0.717) is 23.2 Å². The highest BCUT2D eigenvalue weighted by Crippen LogP contribution is 2.18. The molecular formula is C11H16ClN3O. The van der Waals surface area contributed by atoms with Crippen molar-refractivity contribution in [1.82, 2.24) is 9.88 Å². The molecule has 1 saturated heterocycles. The number of aromatic nitrogens is 1. The number of H-pyrrole nitrogens is 1. The Morgan fingerprint density at radius 1 is 1.69 bits per heavy atom. The number of nitrogens with two attached hydrogens (primary N) is 1. The third kappa shape index (κ3) is 2.39. The Balaban J connectivity index is 2.04. The number of hydrogen-bond donors (Lipinski definition) is 2. The van der Waals surface area contributed by atoms with Gasteiger partial charge in [0.1, 0.15) is 5.69 Å². The number of nitrogens with one attached hydrogen (secondary N) is 1. The quantitative estimate of drug-likeness (QED) is 0.824. The molecule has 1 unspecified atom stereocenters. The third-order valence-corrected chi connectivity index (χ3v) is 3.24. The highest BCUT2D eigenvalue weighted by Gasteiger charge is 2.24. The van der Waals surface area contributed by atoms with E-state index in [2.05, 4.69) is 4.98 Å². The summed E-state index contributed by atoms with van der Waals surface area (Å²) in [5.41, 5.74) is 6.20. The molecule has 0 radical (unpaired) electrons. The number of rotatable bonds is 2. The van der Waals surface area contributed by atoms with Gasteiger partial charge in [0, 0.05) is 19.3 Å². The molecule has 88 valence electrons.